The van der Waals surface area contributed by atoms with Crippen LogP contribution in [0.3, 0.4) is 0 Å². The molecule has 0 aliphatic carbocycles. The van der Waals surface area contributed by atoms with Crippen molar-refractivity contribution in [1.82, 2.24) is 0 Å². The monoisotopic (exact) mass is 254 g/mol. The Bertz CT molecular complexity index is 578. The van der Waals surface area contributed by atoms with Gasteiger partial charge in [0.05, 0.1) is 0 Å². The lowest BCUT2D eigenvalue weighted by Crippen LogP contribution is -2.14. The van der Waals surface area contributed by atoms with Gasteiger partial charge in [-0.2, -0.15) is 0 Å². The number of carbonyl (C=O) groups is 1. The van der Waals surface area contributed by atoms with Crippen molar-refractivity contribution in [2.45, 2.75) is 19.9 Å². The molecule has 0 heterocycles. The molecule has 0 atom stereocenters. The molecule has 3 heteroatoms. The number of nitrogens with two attached hydrogens (primary N) is 1. The SMILES string of the molecule is CCc1ccccc1C(=O)Nc1cccc(CN)c1. The summed E-state index contributed by atoms with van der Waals surface area (Å²) >= 11 is 0. The van der Waals surface area contributed by atoms with Gasteiger partial charge in [0.2, 0.25) is 0 Å². The Hall–Kier alpha value is -2.13. The Morgan fingerprint density at radius 3 is 2.68 bits per heavy atom. The second-order valence-corrected chi connectivity index (χ2v) is 4.37. The Labute approximate surface area is 113 Å². The molecule has 1 amide bonds. The lowest BCUT2D eigenvalue weighted by molar-refractivity contribution is 0.102. The van der Waals surface area contributed by atoms with E-state index in [0.29, 0.717) is 6.54 Å². The molecular formula is C16H18N2O. The van der Waals surface area contributed by atoms with Gasteiger partial charge in [0.15, 0.2) is 0 Å². The van der Waals surface area contributed by atoms with E-state index in [1.807, 2.05) is 55.5 Å². The Morgan fingerprint density at radius 2 is 1.95 bits per heavy atom. The number of nitrogens with one attached hydrogen (secondary N) is 1. The van der Waals surface area contributed by atoms with Crippen molar-refractivity contribution in [2.24, 2.45) is 5.73 Å². The molecule has 2 aromatic rings. The topological polar surface area (TPSA) is 55.1 Å². The molecule has 0 aliphatic rings. The quantitative estimate of drug-likeness (QED) is 0.881. The van der Waals surface area contributed by atoms with Crippen molar-refractivity contribution in [3.8, 4) is 0 Å². The molecule has 19 heavy (non-hydrogen) atoms. The van der Waals surface area contributed by atoms with Gasteiger partial charge < -0.3 is 11.1 Å². The third-order valence-corrected chi connectivity index (χ3v) is 3.06. The molecule has 0 bridgehead atoms. The second-order valence-electron chi connectivity index (χ2n) is 4.37. The first-order chi connectivity index (χ1) is 9.24. The average molecular weight is 254 g/mol. The fraction of sp³-hybridized carbons (Fsp3) is 0.188. The number of hydrogen-bond acceptors (Lipinski definition) is 2. The maximum atomic E-state index is 12.3. The highest BCUT2D eigenvalue weighted by molar-refractivity contribution is 6.05. The molecule has 2 rings (SSSR count). The van der Waals surface area contributed by atoms with E-state index in [1.54, 1.807) is 0 Å². The highest BCUT2D eigenvalue weighted by Crippen LogP contribution is 2.14. The van der Waals surface area contributed by atoms with Crippen LogP contribution in [0.15, 0.2) is 48.5 Å². The lowest BCUT2D eigenvalue weighted by atomic mass is 10.0. The van der Waals surface area contributed by atoms with Gasteiger partial charge in [-0.15, -0.1) is 0 Å². The number of anilines is 1. The highest BCUT2D eigenvalue weighted by Gasteiger charge is 2.09. The first kappa shape index (κ1) is 13.3. The number of rotatable bonds is 4. The number of carbonyl (C=O) groups excluding carboxylic acids is 1. The van der Waals surface area contributed by atoms with E-state index in [0.717, 1.165) is 28.8 Å². The summed E-state index contributed by atoms with van der Waals surface area (Å²) in [4.78, 5) is 12.3. The van der Waals surface area contributed by atoms with Crippen molar-refractivity contribution < 1.29 is 4.79 Å². The van der Waals surface area contributed by atoms with Crippen LogP contribution in [0.5, 0.6) is 0 Å². The minimum Gasteiger partial charge on any atom is -0.326 e. The largest absolute Gasteiger partial charge is 0.326 e. The maximum absolute atomic E-state index is 12.3. The van der Waals surface area contributed by atoms with E-state index in [-0.39, 0.29) is 5.91 Å². The third-order valence-electron chi connectivity index (χ3n) is 3.06. The summed E-state index contributed by atoms with van der Waals surface area (Å²) in [5, 5.41) is 2.91. The molecule has 0 saturated carbocycles. The molecule has 3 N–H and O–H groups in total. The zero-order valence-electron chi connectivity index (χ0n) is 11.0. The summed E-state index contributed by atoms with van der Waals surface area (Å²) in [6.45, 7) is 2.51. The molecule has 2 aromatic carbocycles. The van der Waals surface area contributed by atoms with Crippen molar-refractivity contribution >= 4 is 11.6 Å². The number of benzene rings is 2. The van der Waals surface area contributed by atoms with E-state index >= 15 is 0 Å². The van der Waals surface area contributed by atoms with Gasteiger partial charge >= 0.3 is 0 Å². The normalized spacial score (nSPS) is 10.2. The molecule has 0 fully saturated rings. The van der Waals surface area contributed by atoms with E-state index in [1.165, 1.54) is 0 Å². The standard InChI is InChI=1S/C16H18N2O/c1-2-13-7-3-4-9-15(13)16(19)18-14-8-5-6-12(10-14)11-17/h3-10H,2,11,17H2,1H3,(H,18,19). The van der Waals surface area contributed by atoms with Gasteiger partial charge in [-0.1, -0.05) is 37.3 Å². The van der Waals surface area contributed by atoms with Crippen LogP contribution >= 0.6 is 0 Å². The van der Waals surface area contributed by atoms with Crippen LogP contribution in [-0.4, -0.2) is 5.91 Å². The number of hydrogen-bond donors (Lipinski definition) is 2. The average Bonchev–Trinajstić information content (AvgIpc) is 2.47. The van der Waals surface area contributed by atoms with Crippen LogP contribution < -0.4 is 11.1 Å². The molecule has 0 aromatic heterocycles. The molecular weight excluding hydrogens is 236 g/mol. The minimum atomic E-state index is -0.0772. The zero-order valence-corrected chi connectivity index (χ0v) is 11.0. The van der Waals surface area contributed by atoms with Crippen LogP contribution in [0.25, 0.3) is 0 Å². The molecule has 0 saturated heterocycles. The van der Waals surface area contributed by atoms with Gasteiger partial charge in [0, 0.05) is 17.8 Å². The minimum absolute atomic E-state index is 0.0772. The first-order valence-corrected chi connectivity index (χ1v) is 6.43. The van der Waals surface area contributed by atoms with Gasteiger partial charge in [-0.3, -0.25) is 4.79 Å². The summed E-state index contributed by atoms with van der Waals surface area (Å²) in [6, 6.07) is 15.2. The summed E-state index contributed by atoms with van der Waals surface area (Å²) in [7, 11) is 0. The number of aryl methyl sites for hydroxylation is 1. The Kier molecular flexibility index (Phi) is 4.31. The van der Waals surface area contributed by atoms with Crippen molar-refractivity contribution in [1.29, 1.82) is 0 Å². The fourth-order valence-electron chi connectivity index (χ4n) is 2.02. The van der Waals surface area contributed by atoms with Crippen molar-refractivity contribution in [3.05, 3.63) is 65.2 Å². The molecule has 0 unspecified atom stereocenters. The second kappa shape index (κ2) is 6.16. The van der Waals surface area contributed by atoms with Crippen LogP contribution in [0.2, 0.25) is 0 Å². The van der Waals surface area contributed by atoms with Crippen LogP contribution in [-0.2, 0) is 13.0 Å². The molecule has 98 valence electrons. The van der Waals surface area contributed by atoms with Crippen LogP contribution in [0.1, 0.15) is 28.4 Å². The van der Waals surface area contributed by atoms with Crippen molar-refractivity contribution in [3.63, 3.8) is 0 Å². The molecule has 3 nitrogen and oxygen atoms in total. The van der Waals surface area contributed by atoms with Crippen LogP contribution in [0.4, 0.5) is 5.69 Å². The molecule has 0 aliphatic heterocycles. The van der Waals surface area contributed by atoms with E-state index < -0.39 is 0 Å². The predicted octanol–water partition coefficient (Wildman–Crippen LogP) is 2.96. The van der Waals surface area contributed by atoms with E-state index in [2.05, 4.69) is 5.32 Å². The van der Waals surface area contributed by atoms with Gasteiger partial charge in [0.1, 0.15) is 0 Å². The van der Waals surface area contributed by atoms with Crippen molar-refractivity contribution in [2.75, 3.05) is 5.32 Å². The summed E-state index contributed by atoms with van der Waals surface area (Å²) < 4.78 is 0. The van der Waals surface area contributed by atoms with E-state index in [9.17, 15) is 4.79 Å². The Morgan fingerprint density at radius 1 is 1.16 bits per heavy atom. The zero-order chi connectivity index (χ0) is 13.7. The van der Waals surface area contributed by atoms with Crippen LogP contribution in [0, 0.1) is 0 Å². The summed E-state index contributed by atoms with van der Waals surface area (Å²) in [6.07, 6.45) is 0.840. The molecule has 0 spiro atoms. The maximum Gasteiger partial charge on any atom is 0.255 e. The number of amides is 1. The fourth-order valence-corrected chi connectivity index (χ4v) is 2.02. The van der Waals surface area contributed by atoms with Gasteiger partial charge in [-0.25, -0.2) is 0 Å². The van der Waals surface area contributed by atoms with E-state index in [4.69, 9.17) is 5.73 Å². The van der Waals surface area contributed by atoms with Gasteiger partial charge in [0.25, 0.3) is 5.91 Å². The Balaban J connectivity index is 2.20. The smallest absolute Gasteiger partial charge is 0.255 e. The molecule has 0 radical (unpaired) electrons. The highest BCUT2D eigenvalue weighted by atomic mass is 16.1. The van der Waals surface area contributed by atoms with Gasteiger partial charge in [-0.05, 0) is 35.7 Å². The third kappa shape index (κ3) is 3.20. The predicted molar refractivity (Wildman–Crippen MR) is 78.1 cm³/mol. The summed E-state index contributed by atoms with van der Waals surface area (Å²) in [5.41, 5.74) is 9.15. The summed E-state index contributed by atoms with van der Waals surface area (Å²) in [5.74, 6) is -0.0772. The first-order valence-electron chi connectivity index (χ1n) is 6.43. The lowest BCUT2D eigenvalue weighted by Gasteiger charge is -2.09.